The van der Waals surface area contributed by atoms with Gasteiger partial charge in [0.1, 0.15) is 0 Å². The summed E-state index contributed by atoms with van der Waals surface area (Å²) in [6.45, 7) is 28.5. The maximum atomic E-state index is 2.62. The minimum absolute atomic E-state index is 0.0865. The van der Waals surface area contributed by atoms with Crippen molar-refractivity contribution in [3.05, 3.63) is 312 Å². The van der Waals surface area contributed by atoms with E-state index in [4.69, 9.17) is 0 Å². The van der Waals surface area contributed by atoms with Crippen LogP contribution in [0, 0.1) is 0 Å². The Balaban J connectivity index is 0.912. The van der Waals surface area contributed by atoms with Gasteiger partial charge in [-0.1, -0.05) is 289 Å². The van der Waals surface area contributed by atoms with Crippen molar-refractivity contribution in [2.24, 2.45) is 0 Å². The Bertz CT molecular complexity index is 5360. The molecule has 0 bridgehead atoms. The Morgan fingerprint density at radius 3 is 0.952 bits per heavy atom. The van der Waals surface area contributed by atoms with Gasteiger partial charge in [0, 0.05) is 44.9 Å². The molecule has 14 aromatic rings. The summed E-state index contributed by atoms with van der Waals surface area (Å²) in [5.74, 6) is 0.855. The second-order valence-electron chi connectivity index (χ2n) is 33.8. The van der Waals surface area contributed by atoms with Gasteiger partial charge in [0.15, 0.2) is 0 Å². The molecular formula is C100H92BN3. The molecule has 0 spiro atoms. The molecule has 0 unspecified atom stereocenters. The molecule has 0 amide bonds. The third-order valence-corrected chi connectivity index (χ3v) is 24.7. The van der Waals surface area contributed by atoms with Gasteiger partial charge in [0.25, 0.3) is 6.71 Å². The SMILES string of the molecule is CC(C)c1ccc(-c2ccc3c(c2)B2c4cc(-c5ccc(C(C)C)cc5)ccc4N(c4ccc(-c5ccc6c(c5)C(C)(C)CCC6(C)C)cc4)c4cc(-n5c6ccc(-c7ccccc7)cc6c6cc(-c7ccccc7)ccc65)cc(c42)N3c2ccc(-c3ccc4c(c3)C(C)(C)CCC4(C)C)cc2)cc1. The van der Waals surface area contributed by atoms with E-state index in [1.807, 2.05) is 0 Å². The zero-order valence-electron chi connectivity index (χ0n) is 62.5. The highest BCUT2D eigenvalue weighted by molar-refractivity contribution is 7.00. The molecule has 3 nitrogen and oxygen atoms in total. The lowest BCUT2D eigenvalue weighted by molar-refractivity contribution is 0.332. The number of nitrogens with zero attached hydrogens (tertiary/aromatic N) is 3. The minimum atomic E-state index is -0.166. The molecule has 0 atom stereocenters. The summed E-state index contributed by atoms with van der Waals surface area (Å²) in [6.07, 6.45) is 4.72. The third kappa shape index (κ3) is 10.9. The molecule has 1 aromatic heterocycles. The molecule has 104 heavy (non-hydrogen) atoms. The number of hydrogen-bond acceptors (Lipinski definition) is 2. The third-order valence-electron chi connectivity index (χ3n) is 24.7. The van der Waals surface area contributed by atoms with Crippen LogP contribution >= 0.6 is 0 Å². The Kier molecular flexibility index (Phi) is 15.4. The van der Waals surface area contributed by atoms with Crippen LogP contribution in [-0.2, 0) is 21.7 Å². The number of hydrogen-bond donors (Lipinski definition) is 0. The van der Waals surface area contributed by atoms with E-state index >= 15 is 0 Å². The van der Waals surface area contributed by atoms with Gasteiger partial charge in [-0.05, 0) is 249 Å². The van der Waals surface area contributed by atoms with Gasteiger partial charge in [0.05, 0.1) is 16.7 Å². The fourth-order valence-electron chi connectivity index (χ4n) is 18.2. The summed E-state index contributed by atoms with van der Waals surface area (Å²) >= 11 is 0. The zero-order valence-corrected chi connectivity index (χ0v) is 62.5. The predicted molar refractivity (Wildman–Crippen MR) is 446 cm³/mol. The van der Waals surface area contributed by atoms with Gasteiger partial charge < -0.3 is 14.4 Å². The van der Waals surface area contributed by atoms with Crippen LogP contribution in [0.15, 0.2) is 279 Å². The molecule has 510 valence electrons. The maximum absolute atomic E-state index is 2.62. The highest BCUT2D eigenvalue weighted by Crippen LogP contribution is 2.52. The Morgan fingerprint density at radius 1 is 0.269 bits per heavy atom. The molecule has 0 saturated heterocycles. The van der Waals surface area contributed by atoms with Gasteiger partial charge in [-0.2, -0.15) is 0 Å². The second-order valence-corrected chi connectivity index (χ2v) is 33.8. The molecule has 0 N–H and O–H groups in total. The molecule has 0 saturated carbocycles. The average molecular weight is 1350 g/mol. The highest BCUT2D eigenvalue weighted by atomic mass is 15.2. The molecular weight excluding hydrogens is 1250 g/mol. The van der Waals surface area contributed by atoms with Crippen LogP contribution in [0.4, 0.5) is 34.1 Å². The van der Waals surface area contributed by atoms with Crippen molar-refractivity contribution in [1.29, 1.82) is 0 Å². The van der Waals surface area contributed by atoms with E-state index in [1.165, 1.54) is 164 Å². The molecule has 2 aliphatic heterocycles. The fourth-order valence-corrected chi connectivity index (χ4v) is 18.2. The first-order chi connectivity index (χ1) is 50.1. The predicted octanol–water partition coefficient (Wildman–Crippen LogP) is 25.8. The Hall–Kier alpha value is -10.7. The van der Waals surface area contributed by atoms with Gasteiger partial charge in [-0.3, -0.25) is 0 Å². The van der Waals surface area contributed by atoms with E-state index in [1.54, 1.807) is 0 Å². The molecule has 0 radical (unpaired) electrons. The quantitative estimate of drug-likeness (QED) is 0.120. The largest absolute Gasteiger partial charge is 0.311 e. The van der Waals surface area contributed by atoms with Gasteiger partial charge in [0.2, 0.25) is 0 Å². The number of anilines is 6. The molecule has 3 heterocycles. The smallest absolute Gasteiger partial charge is 0.252 e. The summed E-state index contributed by atoms with van der Waals surface area (Å²) in [5.41, 5.74) is 37.7. The number of benzene rings is 13. The normalized spacial score (nSPS) is 15.8. The summed E-state index contributed by atoms with van der Waals surface area (Å²) in [5, 5.41) is 2.43. The Labute approximate surface area is 616 Å². The van der Waals surface area contributed by atoms with Crippen LogP contribution < -0.4 is 26.2 Å². The summed E-state index contributed by atoms with van der Waals surface area (Å²) in [4.78, 5) is 5.24. The second kappa shape index (κ2) is 24.5. The van der Waals surface area contributed by atoms with Gasteiger partial charge in [-0.25, -0.2) is 0 Å². The number of aromatic nitrogens is 1. The first kappa shape index (κ1) is 65.4. The van der Waals surface area contributed by atoms with E-state index < -0.39 is 0 Å². The summed E-state index contributed by atoms with van der Waals surface area (Å²) < 4.78 is 2.57. The van der Waals surface area contributed by atoms with Crippen LogP contribution in [0.1, 0.15) is 154 Å². The first-order valence-corrected chi connectivity index (χ1v) is 38.1. The van der Waals surface area contributed by atoms with Crippen LogP contribution in [0.3, 0.4) is 0 Å². The Morgan fingerprint density at radius 2 is 0.577 bits per heavy atom. The lowest BCUT2D eigenvalue weighted by Crippen LogP contribution is -2.61. The maximum Gasteiger partial charge on any atom is 0.252 e. The van der Waals surface area contributed by atoms with E-state index in [0.717, 1.165) is 39.5 Å². The van der Waals surface area contributed by atoms with Crippen LogP contribution in [0.5, 0.6) is 0 Å². The molecule has 2 aliphatic carbocycles. The molecule has 13 aromatic carbocycles. The number of fused-ring (bicyclic) bond motifs is 9. The topological polar surface area (TPSA) is 11.4 Å². The summed E-state index contributed by atoms with van der Waals surface area (Å²) in [6, 6.07) is 108. The van der Waals surface area contributed by atoms with Crippen molar-refractivity contribution in [2.75, 3.05) is 9.80 Å². The van der Waals surface area contributed by atoms with Crippen molar-refractivity contribution in [1.82, 2.24) is 4.57 Å². The van der Waals surface area contributed by atoms with E-state index in [-0.39, 0.29) is 28.4 Å². The standard InChI is InChI=1S/C100H92BN3/c1-63(2)65-23-27-69(28-24-65)77-39-49-92-88(59-77)101-89-60-78(70-29-25-66(26-30-70)64(3)4)40-50-93(89)103(80-43-33-72(34-44-80)76-36-46-85-87(58-76)100(11,12)54-52-98(85,7)8)95-62-81(61-94(96(95)101)102(92)79-41-31-71(32-42-79)75-35-45-84-86(57-75)99(9,10)53-51-97(84,5)6)104-90-47-37-73(67-19-15-13-16-20-67)55-82(90)83-56-74(38-48-91(83)104)68-21-17-14-18-22-68/h13-50,55-64H,51-54H2,1-12H3. The van der Waals surface area contributed by atoms with Gasteiger partial charge in [-0.15, -0.1) is 0 Å². The van der Waals surface area contributed by atoms with Gasteiger partial charge >= 0.3 is 0 Å². The summed E-state index contributed by atoms with van der Waals surface area (Å²) in [7, 11) is 0. The molecule has 18 rings (SSSR count). The monoisotopic (exact) mass is 1350 g/mol. The van der Waals surface area contributed by atoms with Crippen molar-refractivity contribution in [2.45, 2.75) is 142 Å². The van der Waals surface area contributed by atoms with Crippen LogP contribution in [0.25, 0.3) is 94.3 Å². The lowest BCUT2D eigenvalue weighted by atomic mass is 9.33. The molecule has 4 aliphatic rings. The fraction of sp³-hybridized carbons (Fsp3) is 0.220. The van der Waals surface area contributed by atoms with Crippen LogP contribution in [0.2, 0.25) is 0 Å². The first-order valence-electron chi connectivity index (χ1n) is 38.1. The minimum Gasteiger partial charge on any atom is -0.311 e. The highest BCUT2D eigenvalue weighted by Gasteiger charge is 2.45. The average Bonchev–Trinajstić information content (AvgIpc) is 0.934. The lowest BCUT2D eigenvalue weighted by Gasteiger charge is -2.44. The molecule has 0 fully saturated rings. The van der Waals surface area contributed by atoms with Crippen LogP contribution in [-0.4, -0.2) is 11.3 Å². The zero-order chi connectivity index (χ0) is 71.3. The van der Waals surface area contributed by atoms with E-state index in [9.17, 15) is 0 Å². The number of rotatable bonds is 11. The van der Waals surface area contributed by atoms with Crippen molar-refractivity contribution >= 4 is 79.0 Å². The van der Waals surface area contributed by atoms with Crippen molar-refractivity contribution in [3.8, 4) is 72.4 Å². The van der Waals surface area contributed by atoms with Crippen molar-refractivity contribution < 1.29 is 0 Å². The van der Waals surface area contributed by atoms with E-state index in [2.05, 4.69) is 377 Å². The van der Waals surface area contributed by atoms with Crippen molar-refractivity contribution in [3.63, 3.8) is 0 Å². The molecule has 4 heteroatoms. The van der Waals surface area contributed by atoms with E-state index in [0.29, 0.717) is 11.8 Å².